The van der Waals surface area contributed by atoms with Gasteiger partial charge in [0.15, 0.2) is 0 Å². The monoisotopic (exact) mass is 327 g/mol. The van der Waals surface area contributed by atoms with Crippen LogP contribution in [-0.4, -0.2) is 58.6 Å². The first-order valence-electron chi connectivity index (χ1n) is 8.49. The van der Waals surface area contributed by atoms with Gasteiger partial charge in [-0.2, -0.15) is 0 Å². The smallest absolute Gasteiger partial charge is 0.410 e. The highest BCUT2D eigenvalue weighted by Gasteiger charge is 2.37. The Hall–Kier alpha value is -1.30. The van der Waals surface area contributed by atoms with Gasteiger partial charge in [-0.25, -0.2) is 4.79 Å². The van der Waals surface area contributed by atoms with E-state index < -0.39 is 11.6 Å². The molecule has 1 aliphatic heterocycles. The van der Waals surface area contributed by atoms with Gasteiger partial charge in [-0.3, -0.25) is 4.79 Å². The topological polar surface area (TPSA) is 75.9 Å². The van der Waals surface area contributed by atoms with E-state index in [4.69, 9.17) is 10.5 Å². The van der Waals surface area contributed by atoms with Crippen LogP contribution in [0.2, 0.25) is 0 Å². The van der Waals surface area contributed by atoms with Crippen molar-refractivity contribution >= 4 is 12.0 Å². The molecular formula is C17H33N3O3. The maximum absolute atomic E-state index is 12.7. The lowest BCUT2D eigenvalue weighted by Crippen LogP contribution is -2.54. The number of rotatable bonds is 4. The number of nitrogens with two attached hydrogens (primary N) is 1. The molecule has 0 unspecified atom stereocenters. The molecule has 0 aliphatic carbocycles. The third kappa shape index (κ3) is 5.37. The van der Waals surface area contributed by atoms with E-state index in [2.05, 4.69) is 0 Å². The van der Waals surface area contributed by atoms with Crippen LogP contribution >= 0.6 is 0 Å². The Morgan fingerprint density at radius 3 is 2.22 bits per heavy atom. The van der Waals surface area contributed by atoms with Gasteiger partial charge in [0, 0.05) is 19.1 Å². The van der Waals surface area contributed by atoms with Gasteiger partial charge in [-0.1, -0.05) is 13.8 Å². The van der Waals surface area contributed by atoms with Crippen molar-refractivity contribution < 1.29 is 14.3 Å². The molecule has 0 radical (unpaired) electrons. The zero-order valence-corrected chi connectivity index (χ0v) is 15.6. The maximum Gasteiger partial charge on any atom is 0.410 e. The molecule has 6 nitrogen and oxygen atoms in total. The zero-order chi connectivity index (χ0) is 17.9. The van der Waals surface area contributed by atoms with Crippen molar-refractivity contribution in [2.75, 3.05) is 13.1 Å². The Morgan fingerprint density at radius 1 is 1.22 bits per heavy atom. The van der Waals surface area contributed by atoms with Crippen molar-refractivity contribution in [1.29, 1.82) is 0 Å². The molecule has 2 amide bonds. The minimum Gasteiger partial charge on any atom is -0.444 e. The fourth-order valence-electron chi connectivity index (χ4n) is 2.77. The minimum absolute atomic E-state index is 0.000168. The van der Waals surface area contributed by atoms with E-state index in [9.17, 15) is 9.59 Å². The summed E-state index contributed by atoms with van der Waals surface area (Å²) in [5.74, 6) is 0.0538. The summed E-state index contributed by atoms with van der Waals surface area (Å²) in [4.78, 5) is 28.4. The molecule has 0 bridgehead atoms. The van der Waals surface area contributed by atoms with Crippen LogP contribution in [0.4, 0.5) is 4.79 Å². The summed E-state index contributed by atoms with van der Waals surface area (Å²) < 4.78 is 5.42. The number of carbonyl (C=O) groups excluding carboxylic acids is 2. The van der Waals surface area contributed by atoms with E-state index in [1.54, 1.807) is 4.90 Å². The Kier molecular flexibility index (Phi) is 6.45. The fraction of sp³-hybridized carbons (Fsp3) is 0.882. The van der Waals surface area contributed by atoms with Crippen LogP contribution in [0.1, 0.15) is 54.9 Å². The van der Waals surface area contributed by atoms with Crippen LogP contribution < -0.4 is 5.73 Å². The van der Waals surface area contributed by atoms with E-state index in [1.165, 1.54) is 0 Å². The predicted octanol–water partition coefficient (Wildman–Crippen LogP) is 2.22. The largest absolute Gasteiger partial charge is 0.444 e. The number of carbonyl (C=O) groups is 2. The first kappa shape index (κ1) is 19.7. The molecule has 23 heavy (non-hydrogen) atoms. The van der Waals surface area contributed by atoms with E-state index in [-0.39, 0.29) is 30.0 Å². The summed E-state index contributed by atoms with van der Waals surface area (Å²) in [6.45, 7) is 14.5. The van der Waals surface area contributed by atoms with Crippen LogP contribution in [0.5, 0.6) is 0 Å². The number of hydrogen-bond donors (Lipinski definition) is 1. The molecule has 0 saturated carbocycles. The number of hydrogen-bond acceptors (Lipinski definition) is 4. The van der Waals surface area contributed by atoms with Gasteiger partial charge in [-0.15, -0.1) is 0 Å². The number of ether oxygens (including phenoxy) is 1. The normalized spacial score (nSPS) is 20.1. The van der Waals surface area contributed by atoms with Crippen molar-refractivity contribution in [3.8, 4) is 0 Å². The first-order chi connectivity index (χ1) is 10.4. The highest BCUT2D eigenvalue weighted by molar-refractivity contribution is 5.82. The second kappa shape index (κ2) is 7.51. The van der Waals surface area contributed by atoms with Crippen molar-refractivity contribution in [1.82, 2.24) is 9.80 Å². The average molecular weight is 327 g/mol. The van der Waals surface area contributed by atoms with Gasteiger partial charge in [0.05, 0.1) is 12.1 Å². The molecule has 1 saturated heterocycles. The minimum atomic E-state index is -0.511. The second-order valence-corrected chi connectivity index (χ2v) is 7.98. The van der Waals surface area contributed by atoms with E-state index in [0.717, 1.165) is 6.42 Å². The molecule has 2 N–H and O–H groups in total. The Labute approximate surface area is 140 Å². The first-order valence-corrected chi connectivity index (χ1v) is 8.49. The lowest BCUT2D eigenvalue weighted by atomic mass is 10.0. The molecule has 1 rings (SSSR count). The lowest BCUT2D eigenvalue weighted by molar-refractivity contribution is -0.137. The summed E-state index contributed by atoms with van der Waals surface area (Å²) in [5.41, 5.74) is 5.54. The van der Waals surface area contributed by atoms with Crippen LogP contribution in [0.3, 0.4) is 0 Å². The fourth-order valence-corrected chi connectivity index (χ4v) is 2.77. The van der Waals surface area contributed by atoms with Gasteiger partial charge in [-0.05, 0) is 47.0 Å². The van der Waals surface area contributed by atoms with Crippen molar-refractivity contribution in [3.63, 3.8) is 0 Å². The van der Waals surface area contributed by atoms with Crippen molar-refractivity contribution in [2.45, 2.75) is 78.6 Å². The summed E-state index contributed by atoms with van der Waals surface area (Å²) in [6.07, 6.45) is 0.442. The van der Waals surface area contributed by atoms with Gasteiger partial charge in [0.25, 0.3) is 0 Å². The Balaban J connectivity index is 2.77. The van der Waals surface area contributed by atoms with Gasteiger partial charge < -0.3 is 20.3 Å². The highest BCUT2D eigenvalue weighted by atomic mass is 16.6. The number of likely N-dealkylation sites (tertiary alicyclic amines) is 1. The van der Waals surface area contributed by atoms with E-state index in [0.29, 0.717) is 13.1 Å². The molecule has 2 atom stereocenters. The van der Waals surface area contributed by atoms with Crippen molar-refractivity contribution in [2.24, 2.45) is 11.7 Å². The Bertz CT molecular complexity index is 429. The summed E-state index contributed by atoms with van der Waals surface area (Å²) in [6, 6.07) is -0.455. The maximum atomic E-state index is 12.7. The Morgan fingerprint density at radius 2 is 1.78 bits per heavy atom. The molecule has 0 aromatic heterocycles. The quantitative estimate of drug-likeness (QED) is 0.859. The number of amides is 2. The van der Waals surface area contributed by atoms with Gasteiger partial charge >= 0.3 is 6.09 Å². The van der Waals surface area contributed by atoms with Crippen LogP contribution in [0.15, 0.2) is 0 Å². The standard InChI is InChI=1S/C17H33N3O3/c1-11(2)14(18)15(21)20(12(3)4)13-8-9-19(10-13)16(22)23-17(5,6)7/h11-14H,8-10,18H2,1-7H3/t13-,14+/m1/s1. The van der Waals surface area contributed by atoms with Gasteiger partial charge in [0.1, 0.15) is 5.60 Å². The molecule has 0 aromatic rings. The summed E-state index contributed by atoms with van der Waals surface area (Å²) in [5, 5.41) is 0. The SMILES string of the molecule is CC(C)[C@H](N)C(=O)N(C(C)C)[C@@H]1CCN(C(=O)OC(C)(C)C)C1. The predicted molar refractivity (Wildman–Crippen MR) is 91.0 cm³/mol. The molecular weight excluding hydrogens is 294 g/mol. The molecule has 1 aliphatic rings. The van der Waals surface area contributed by atoms with E-state index >= 15 is 0 Å². The van der Waals surface area contributed by atoms with E-state index in [1.807, 2.05) is 53.4 Å². The lowest BCUT2D eigenvalue weighted by Gasteiger charge is -2.35. The second-order valence-electron chi connectivity index (χ2n) is 7.98. The molecule has 1 fully saturated rings. The summed E-state index contributed by atoms with van der Waals surface area (Å²) >= 11 is 0. The zero-order valence-electron chi connectivity index (χ0n) is 15.6. The average Bonchev–Trinajstić information content (AvgIpc) is 2.84. The highest BCUT2D eigenvalue weighted by Crippen LogP contribution is 2.22. The van der Waals surface area contributed by atoms with Gasteiger partial charge in [0.2, 0.25) is 5.91 Å². The molecule has 1 heterocycles. The molecule has 6 heteroatoms. The van der Waals surface area contributed by atoms with Crippen LogP contribution in [0.25, 0.3) is 0 Å². The van der Waals surface area contributed by atoms with Crippen molar-refractivity contribution in [3.05, 3.63) is 0 Å². The third-order valence-electron chi connectivity index (χ3n) is 4.02. The number of nitrogens with zero attached hydrogens (tertiary/aromatic N) is 2. The third-order valence-corrected chi connectivity index (χ3v) is 4.02. The van der Waals surface area contributed by atoms with Crippen LogP contribution in [0, 0.1) is 5.92 Å². The van der Waals surface area contributed by atoms with Crippen LogP contribution in [-0.2, 0) is 9.53 Å². The molecule has 0 spiro atoms. The molecule has 134 valence electrons. The molecule has 0 aromatic carbocycles. The summed E-state index contributed by atoms with van der Waals surface area (Å²) in [7, 11) is 0.